The Morgan fingerprint density at radius 1 is 1.13 bits per heavy atom. The van der Waals surface area contributed by atoms with Gasteiger partial charge in [-0.2, -0.15) is 4.98 Å². The number of aliphatic hydroxyl groups excluding tert-OH is 1. The monoisotopic (exact) mass is 417 g/mol. The number of rotatable bonds is 6. The fourth-order valence-corrected chi connectivity index (χ4v) is 4.93. The first kappa shape index (κ1) is 18.6. The number of carbonyl (C=O) groups excluding carboxylic acids is 1. The molecule has 0 spiro atoms. The minimum atomic E-state index is -0.0251. The number of hydrogen-bond donors (Lipinski definition) is 1. The van der Waals surface area contributed by atoms with Crippen molar-refractivity contribution in [3.8, 4) is 28.6 Å². The number of amides is 1. The zero-order chi connectivity index (χ0) is 20.9. The summed E-state index contributed by atoms with van der Waals surface area (Å²) >= 11 is 0. The second-order valence-corrected chi connectivity index (χ2v) is 8.56. The van der Waals surface area contributed by atoms with E-state index in [1.54, 1.807) is 0 Å². The molecule has 0 radical (unpaired) electrons. The van der Waals surface area contributed by atoms with Gasteiger partial charge in [0.05, 0.1) is 18.8 Å². The van der Waals surface area contributed by atoms with Crippen molar-refractivity contribution in [2.45, 2.75) is 37.8 Å². The van der Waals surface area contributed by atoms with Crippen molar-refractivity contribution in [3.63, 3.8) is 0 Å². The maximum absolute atomic E-state index is 12.4. The molecule has 6 rings (SSSR count). The molecule has 2 fully saturated rings. The van der Waals surface area contributed by atoms with Crippen molar-refractivity contribution in [1.82, 2.24) is 15.0 Å². The van der Waals surface area contributed by atoms with Crippen molar-refractivity contribution in [2.24, 2.45) is 5.92 Å². The Balaban J connectivity index is 1.29. The highest BCUT2D eigenvalue weighted by molar-refractivity contribution is 5.81. The highest BCUT2D eigenvalue weighted by Crippen LogP contribution is 2.49. The van der Waals surface area contributed by atoms with Crippen LogP contribution in [0.5, 0.6) is 5.75 Å². The summed E-state index contributed by atoms with van der Waals surface area (Å²) in [4.78, 5) is 18.8. The number of aromatic nitrogens is 2. The van der Waals surface area contributed by atoms with E-state index in [9.17, 15) is 9.90 Å². The summed E-state index contributed by atoms with van der Waals surface area (Å²) in [7, 11) is 0. The number of fused-ring (bicyclic) bond motifs is 3. The Bertz CT molecular complexity index is 1140. The standard InChI is InChI=1S/C24H23N3O4/c28-11-10-27-21(29)13-15-12-20-18(22(15)27)2-1-3-19(20)23-25-24(31-26-23)14-4-6-16(7-5-14)30-17-8-9-17/h1-7,15,17,22,28H,8-13H2/t15-,22+/m0/s1. The molecule has 1 saturated carbocycles. The van der Waals surface area contributed by atoms with E-state index in [1.807, 2.05) is 41.3 Å². The van der Waals surface area contributed by atoms with E-state index in [2.05, 4.69) is 16.2 Å². The van der Waals surface area contributed by atoms with Crippen molar-refractivity contribution >= 4 is 5.91 Å². The molecule has 0 bridgehead atoms. The zero-order valence-corrected chi connectivity index (χ0v) is 17.0. The average Bonchev–Trinajstić information content (AvgIpc) is 3.19. The van der Waals surface area contributed by atoms with Crippen LogP contribution < -0.4 is 4.74 Å². The molecular weight excluding hydrogens is 394 g/mol. The second kappa shape index (κ2) is 7.20. The maximum atomic E-state index is 12.4. The van der Waals surface area contributed by atoms with Crippen LogP contribution >= 0.6 is 0 Å². The molecule has 1 saturated heterocycles. The summed E-state index contributed by atoms with van der Waals surface area (Å²) in [5.41, 5.74) is 4.11. The number of hydrogen-bond acceptors (Lipinski definition) is 6. The normalized spacial score (nSPS) is 22.0. The Morgan fingerprint density at radius 2 is 1.97 bits per heavy atom. The second-order valence-electron chi connectivity index (χ2n) is 8.56. The molecule has 0 unspecified atom stereocenters. The highest BCUT2D eigenvalue weighted by Gasteiger charge is 2.46. The van der Waals surface area contributed by atoms with Gasteiger partial charge in [-0.1, -0.05) is 23.4 Å². The number of benzene rings is 2. The van der Waals surface area contributed by atoms with Gasteiger partial charge in [0.15, 0.2) is 0 Å². The van der Waals surface area contributed by atoms with Gasteiger partial charge in [0.25, 0.3) is 5.89 Å². The summed E-state index contributed by atoms with van der Waals surface area (Å²) in [6, 6.07) is 13.8. The lowest BCUT2D eigenvalue weighted by Crippen LogP contribution is -2.30. The molecule has 2 aliphatic carbocycles. The van der Waals surface area contributed by atoms with Crippen molar-refractivity contribution in [2.75, 3.05) is 13.2 Å². The first-order valence-electron chi connectivity index (χ1n) is 10.8. The lowest BCUT2D eigenvalue weighted by Gasteiger charge is -2.24. The van der Waals surface area contributed by atoms with Crippen LogP contribution in [0.25, 0.3) is 22.8 Å². The van der Waals surface area contributed by atoms with Gasteiger partial charge >= 0.3 is 0 Å². The van der Waals surface area contributed by atoms with Crippen LogP contribution in [0.3, 0.4) is 0 Å². The van der Waals surface area contributed by atoms with Gasteiger partial charge in [-0.05, 0) is 60.6 Å². The van der Waals surface area contributed by atoms with Gasteiger partial charge in [0.2, 0.25) is 11.7 Å². The fourth-order valence-electron chi connectivity index (χ4n) is 4.93. The van der Waals surface area contributed by atoms with Crippen LogP contribution in [0.1, 0.15) is 36.4 Å². The smallest absolute Gasteiger partial charge is 0.258 e. The van der Waals surface area contributed by atoms with Crippen LogP contribution in [-0.4, -0.2) is 45.3 Å². The topological polar surface area (TPSA) is 88.7 Å². The van der Waals surface area contributed by atoms with Gasteiger partial charge in [-0.3, -0.25) is 4.79 Å². The summed E-state index contributed by atoms with van der Waals surface area (Å²) in [5.74, 6) is 2.25. The summed E-state index contributed by atoms with van der Waals surface area (Å²) in [6.45, 7) is 0.346. The molecule has 7 nitrogen and oxygen atoms in total. The van der Waals surface area contributed by atoms with Gasteiger partial charge in [-0.15, -0.1) is 0 Å². The predicted octanol–water partition coefficient (Wildman–Crippen LogP) is 3.38. The Morgan fingerprint density at radius 3 is 2.74 bits per heavy atom. The van der Waals surface area contributed by atoms with Crippen molar-refractivity contribution in [1.29, 1.82) is 0 Å². The lowest BCUT2D eigenvalue weighted by atomic mass is 10.0. The SMILES string of the molecule is O=C1C[C@@H]2Cc3c(-c4noc(-c5ccc(OC6CC6)cc5)n4)cccc3[C@@H]2N1CCO. The quantitative estimate of drug-likeness (QED) is 0.661. The van der Waals surface area contributed by atoms with E-state index in [0.29, 0.717) is 30.8 Å². The number of carbonyl (C=O) groups is 1. The molecule has 7 heteroatoms. The molecule has 1 amide bonds. The molecule has 3 aliphatic rings. The number of β-amino-alcohol motifs (C(OH)–C–C–N with tert-alkyl or cyclic N) is 1. The van der Waals surface area contributed by atoms with Gasteiger partial charge in [-0.25, -0.2) is 0 Å². The third kappa shape index (κ3) is 3.20. The Hall–Kier alpha value is -3.19. The number of ether oxygens (including phenoxy) is 1. The largest absolute Gasteiger partial charge is 0.490 e. The van der Waals surface area contributed by atoms with Crippen LogP contribution in [-0.2, 0) is 11.2 Å². The number of aliphatic hydroxyl groups is 1. The van der Waals surface area contributed by atoms with Crippen LogP contribution in [0, 0.1) is 5.92 Å². The maximum Gasteiger partial charge on any atom is 0.258 e. The fraction of sp³-hybridized carbons (Fsp3) is 0.375. The average molecular weight is 417 g/mol. The van der Waals surface area contributed by atoms with Crippen molar-refractivity contribution < 1.29 is 19.2 Å². The Labute approximate surface area is 179 Å². The van der Waals surface area contributed by atoms with Crippen LogP contribution in [0.2, 0.25) is 0 Å². The van der Waals surface area contributed by atoms with Crippen LogP contribution in [0.4, 0.5) is 0 Å². The zero-order valence-electron chi connectivity index (χ0n) is 17.0. The minimum absolute atomic E-state index is 0.0251. The molecule has 2 atom stereocenters. The van der Waals surface area contributed by atoms with E-state index in [4.69, 9.17) is 9.26 Å². The van der Waals surface area contributed by atoms with Crippen LogP contribution in [0.15, 0.2) is 47.0 Å². The third-order valence-corrected chi connectivity index (χ3v) is 6.47. The number of nitrogens with zero attached hydrogens (tertiary/aromatic N) is 3. The lowest BCUT2D eigenvalue weighted by molar-refractivity contribution is -0.129. The molecule has 3 aromatic rings. The minimum Gasteiger partial charge on any atom is -0.490 e. The predicted molar refractivity (Wildman–Crippen MR) is 112 cm³/mol. The summed E-state index contributed by atoms with van der Waals surface area (Å²) in [6.07, 6.45) is 3.95. The number of likely N-dealkylation sites (tertiary alicyclic amines) is 1. The van der Waals surface area contributed by atoms with Crippen molar-refractivity contribution in [3.05, 3.63) is 53.6 Å². The molecule has 1 N–H and O–H groups in total. The summed E-state index contributed by atoms with van der Waals surface area (Å²) in [5, 5.41) is 13.6. The molecule has 31 heavy (non-hydrogen) atoms. The molecule has 2 heterocycles. The van der Waals surface area contributed by atoms with E-state index in [1.165, 1.54) is 5.56 Å². The molecule has 158 valence electrons. The highest BCUT2D eigenvalue weighted by atomic mass is 16.5. The molecule has 2 aromatic carbocycles. The first-order chi connectivity index (χ1) is 15.2. The third-order valence-electron chi connectivity index (χ3n) is 6.47. The molecule has 1 aliphatic heterocycles. The Kier molecular flexibility index (Phi) is 4.31. The first-order valence-corrected chi connectivity index (χ1v) is 10.8. The van der Waals surface area contributed by atoms with Gasteiger partial charge < -0.3 is 19.3 Å². The van der Waals surface area contributed by atoms with E-state index in [-0.39, 0.29) is 24.5 Å². The summed E-state index contributed by atoms with van der Waals surface area (Å²) < 4.78 is 11.4. The van der Waals surface area contributed by atoms with E-state index < -0.39 is 0 Å². The van der Waals surface area contributed by atoms with Gasteiger partial charge in [0.1, 0.15) is 5.75 Å². The molecular formula is C24H23N3O4. The van der Waals surface area contributed by atoms with Gasteiger partial charge in [0, 0.05) is 24.1 Å². The van der Waals surface area contributed by atoms with E-state index >= 15 is 0 Å². The molecule has 1 aromatic heterocycles. The van der Waals surface area contributed by atoms with E-state index in [0.717, 1.165) is 41.7 Å².